The van der Waals surface area contributed by atoms with Gasteiger partial charge in [-0.1, -0.05) is 11.6 Å². The monoisotopic (exact) mass is 141 g/mol. The molecule has 1 N–H and O–H groups in total. The summed E-state index contributed by atoms with van der Waals surface area (Å²) >= 11 is 5.51. The molecule has 0 amide bonds. The quantitative estimate of drug-likeness (QED) is 0.509. The maximum Gasteiger partial charge on any atom is 0.150 e. The molecule has 1 aliphatic rings. The molecule has 0 aliphatic carbocycles. The Labute approximate surface area is 57.5 Å². The highest BCUT2D eigenvalue weighted by molar-refractivity contribution is 6.31. The average molecular weight is 142 g/mol. The first-order valence-corrected chi connectivity index (χ1v) is 2.76. The molecule has 0 unspecified atom stereocenters. The largest absolute Gasteiger partial charge is 0.351 e. The van der Waals surface area contributed by atoms with Crippen LogP contribution >= 0.6 is 11.6 Å². The molecule has 0 spiro atoms. The number of nitrogens with one attached hydrogen (secondary N) is 1. The lowest BCUT2D eigenvalue weighted by Crippen LogP contribution is -2.06. The van der Waals surface area contributed by atoms with Crippen LogP contribution in [0.3, 0.4) is 0 Å². The summed E-state index contributed by atoms with van der Waals surface area (Å²) in [6.45, 7) is 0. The zero-order valence-corrected chi connectivity index (χ0v) is 5.27. The van der Waals surface area contributed by atoms with Gasteiger partial charge >= 0.3 is 0 Å². The fourth-order valence-electron chi connectivity index (χ4n) is 0.469. The van der Waals surface area contributed by atoms with E-state index >= 15 is 0 Å². The van der Waals surface area contributed by atoms with Crippen molar-refractivity contribution in [2.75, 3.05) is 0 Å². The van der Waals surface area contributed by atoms with E-state index in [1.807, 2.05) is 0 Å². The van der Waals surface area contributed by atoms with Gasteiger partial charge in [-0.2, -0.15) is 0 Å². The summed E-state index contributed by atoms with van der Waals surface area (Å²) in [6, 6.07) is 0. The van der Waals surface area contributed by atoms with Crippen LogP contribution < -0.4 is 5.32 Å². The smallest absolute Gasteiger partial charge is 0.150 e. The normalized spacial score (nSPS) is 16.1. The minimum atomic E-state index is 0.402. The Bertz CT molecular complexity index is 223. The number of halogens is 1. The van der Waals surface area contributed by atoms with Crippen molar-refractivity contribution < 1.29 is 4.79 Å². The molecule has 0 radical (unpaired) electrons. The van der Waals surface area contributed by atoms with Gasteiger partial charge in [0.1, 0.15) is 5.70 Å². The van der Waals surface area contributed by atoms with Gasteiger partial charge < -0.3 is 5.32 Å². The Morgan fingerprint density at radius 1 is 1.56 bits per heavy atom. The van der Waals surface area contributed by atoms with Crippen LogP contribution in [-0.4, -0.2) is 5.94 Å². The summed E-state index contributed by atoms with van der Waals surface area (Å²) < 4.78 is 0. The molecular formula is C6H4ClNO. The molecule has 1 aliphatic heterocycles. The van der Waals surface area contributed by atoms with Crippen LogP contribution in [0.5, 0.6) is 0 Å². The van der Waals surface area contributed by atoms with Crippen LogP contribution in [0, 0.1) is 0 Å². The van der Waals surface area contributed by atoms with Gasteiger partial charge in [-0.05, 0) is 12.2 Å². The van der Waals surface area contributed by atoms with Gasteiger partial charge in [0, 0.05) is 6.20 Å². The van der Waals surface area contributed by atoms with E-state index in [0.29, 0.717) is 10.7 Å². The minimum absolute atomic E-state index is 0.402. The highest BCUT2D eigenvalue weighted by Crippen LogP contribution is 2.07. The number of allylic oxidation sites excluding steroid dienone is 3. The van der Waals surface area contributed by atoms with E-state index in [9.17, 15) is 4.79 Å². The summed E-state index contributed by atoms with van der Waals surface area (Å²) in [5, 5.41) is 3.21. The molecule has 2 nitrogen and oxygen atoms in total. The summed E-state index contributed by atoms with van der Waals surface area (Å²) in [6.07, 6.45) is 4.72. The third-order valence-electron chi connectivity index (χ3n) is 0.885. The molecule has 1 rings (SSSR count). The fourth-order valence-corrected chi connectivity index (χ4v) is 0.587. The van der Waals surface area contributed by atoms with Crippen LogP contribution in [-0.2, 0) is 4.79 Å². The lowest BCUT2D eigenvalue weighted by atomic mass is 10.3. The zero-order valence-electron chi connectivity index (χ0n) is 4.52. The zero-order chi connectivity index (χ0) is 6.69. The van der Waals surface area contributed by atoms with Crippen molar-refractivity contribution in [2.45, 2.75) is 0 Å². The van der Waals surface area contributed by atoms with E-state index in [1.165, 1.54) is 6.20 Å². The molecule has 0 saturated heterocycles. The van der Waals surface area contributed by atoms with Crippen LogP contribution in [0.1, 0.15) is 0 Å². The van der Waals surface area contributed by atoms with E-state index in [4.69, 9.17) is 11.6 Å². The van der Waals surface area contributed by atoms with Crippen LogP contribution in [0.4, 0.5) is 0 Å². The Morgan fingerprint density at radius 3 is 2.78 bits per heavy atom. The Hall–Kier alpha value is -0.980. The van der Waals surface area contributed by atoms with Gasteiger partial charge in [-0.25, -0.2) is 4.79 Å². The molecule has 0 aromatic carbocycles. The molecular weight excluding hydrogens is 138 g/mol. The number of rotatable bonds is 0. The second kappa shape index (κ2) is 2.53. The van der Waals surface area contributed by atoms with Crippen LogP contribution in [0.2, 0.25) is 0 Å². The predicted octanol–water partition coefficient (Wildman–Crippen LogP) is 0.941. The number of carbonyl (C=O) groups excluding carboxylic acids is 1. The molecule has 0 saturated carbocycles. The summed E-state index contributed by atoms with van der Waals surface area (Å²) in [5.74, 6) is 1.69. The lowest BCUT2D eigenvalue weighted by molar-refractivity contribution is 0.566. The van der Waals surface area contributed by atoms with Gasteiger partial charge in [-0.15, -0.1) is 0 Å². The highest BCUT2D eigenvalue weighted by atomic mass is 35.5. The second-order valence-corrected chi connectivity index (χ2v) is 1.96. The second-order valence-electron chi connectivity index (χ2n) is 1.52. The molecule has 46 valence electrons. The Morgan fingerprint density at radius 2 is 2.33 bits per heavy atom. The highest BCUT2D eigenvalue weighted by Gasteiger charge is 1.95. The SMILES string of the molecule is O=C=C1C=CC(Cl)=CN1. The first kappa shape index (κ1) is 6.14. The van der Waals surface area contributed by atoms with Crippen LogP contribution in [0.25, 0.3) is 0 Å². The molecule has 9 heavy (non-hydrogen) atoms. The molecule has 0 aromatic heterocycles. The summed E-state index contributed by atoms with van der Waals surface area (Å²) in [5.41, 5.74) is 0.402. The number of dihydropyridines is 1. The van der Waals surface area contributed by atoms with Crippen molar-refractivity contribution in [2.24, 2.45) is 0 Å². The van der Waals surface area contributed by atoms with Crippen molar-refractivity contribution in [1.29, 1.82) is 0 Å². The molecule has 0 aromatic rings. The van der Waals surface area contributed by atoms with E-state index in [-0.39, 0.29) is 0 Å². The Balaban J connectivity index is 2.81. The van der Waals surface area contributed by atoms with Gasteiger partial charge in [0.2, 0.25) is 0 Å². The van der Waals surface area contributed by atoms with Gasteiger partial charge in [0.05, 0.1) is 5.03 Å². The lowest BCUT2D eigenvalue weighted by Gasteiger charge is -2.01. The van der Waals surface area contributed by atoms with Gasteiger partial charge in [0.15, 0.2) is 5.94 Å². The van der Waals surface area contributed by atoms with Crippen molar-refractivity contribution >= 4 is 17.5 Å². The molecule has 1 heterocycles. The predicted molar refractivity (Wildman–Crippen MR) is 35.4 cm³/mol. The van der Waals surface area contributed by atoms with Gasteiger partial charge in [0.25, 0.3) is 0 Å². The third-order valence-corrected chi connectivity index (χ3v) is 1.12. The van der Waals surface area contributed by atoms with Crippen LogP contribution in [0.15, 0.2) is 29.1 Å². The first-order chi connectivity index (χ1) is 4.33. The van der Waals surface area contributed by atoms with Crippen molar-refractivity contribution in [3.8, 4) is 0 Å². The van der Waals surface area contributed by atoms with E-state index in [2.05, 4.69) is 5.32 Å². The fraction of sp³-hybridized carbons (Fsp3) is 0. The minimum Gasteiger partial charge on any atom is -0.351 e. The number of hydrogen-bond acceptors (Lipinski definition) is 2. The van der Waals surface area contributed by atoms with Crippen molar-refractivity contribution in [3.63, 3.8) is 0 Å². The summed E-state index contributed by atoms with van der Waals surface area (Å²) in [4.78, 5) is 9.92. The van der Waals surface area contributed by atoms with E-state index < -0.39 is 0 Å². The first-order valence-electron chi connectivity index (χ1n) is 2.38. The molecule has 3 heteroatoms. The third kappa shape index (κ3) is 1.46. The maximum absolute atomic E-state index is 9.92. The molecule has 0 atom stereocenters. The number of hydrogen-bond donors (Lipinski definition) is 1. The average Bonchev–Trinajstić information content (AvgIpc) is 1.90. The topological polar surface area (TPSA) is 29.1 Å². The molecule has 0 bridgehead atoms. The van der Waals surface area contributed by atoms with E-state index in [1.54, 1.807) is 18.1 Å². The van der Waals surface area contributed by atoms with E-state index in [0.717, 1.165) is 0 Å². The van der Waals surface area contributed by atoms with Crippen molar-refractivity contribution in [3.05, 3.63) is 29.1 Å². The standard InChI is InChI=1S/C6H4ClNO/c7-5-1-2-6(4-9)8-3-5/h1-3,8H. The Kier molecular flexibility index (Phi) is 1.73. The molecule has 0 fully saturated rings. The van der Waals surface area contributed by atoms with Gasteiger partial charge in [-0.3, -0.25) is 0 Å². The maximum atomic E-state index is 9.92. The summed E-state index contributed by atoms with van der Waals surface area (Å²) in [7, 11) is 0. The van der Waals surface area contributed by atoms with Crippen molar-refractivity contribution in [1.82, 2.24) is 5.32 Å².